The molecule has 0 heterocycles. The maximum atomic E-state index is 12.7. The second-order valence-corrected chi connectivity index (χ2v) is 7.90. The van der Waals surface area contributed by atoms with Crippen molar-refractivity contribution in [2.24, 2.45) is 0 Å². The van der Waals surface area contributed by atoms with Crippen LogP contribution in [0.2, 0.25) is 0 Å². The van der Waals surface area contributed by atoms with Crippen LogP contribution in [0.5, 0.6) is 0 Å². The molecule has 0 aromatic heterocycles. The van der Waals surface area contributed by atoms with E-state index in [1.807, 2.05) is 45.9 Å². The van der Waals surface area contributed by atoms with Crippen LogP contribution in [0.1, 0.15) is 42.3 Å². The molecule has 0 saturated carbocycles. The van der Waals surface area contributed by atoms with Gasteiger partial charge in [0.2, 0.25) is 0 Å². The van der Waals surface area contributed by atoms with E-state index < -0.39 is 10.0 Å². The zero-order chi connectivity index (χ0) is 18.6. The van der Waals surface area contributed by atoms with Crippen molar-refractivity contribution in [3.8, 4) is 0 Å². The molecule has 6 heteroatoms. The topological polar surface area (TPSA) is 75.3 Å². The van der Waals surface area contributed by atoms with Gasteiger partial charge in [-0.05, 0) is 62.6 Å². The third-order valence-electron chi connectivity index (χ3n) is 3.82. The molecule has 2 aromatic rings. The Balaban J connectivity index is 2.28. The molecule has 134 valence electrons. The summed E-state index contributed by atoms with van der Waals surface area (Å²) in [5.41, 5.74) is 2.86. The number of amides is 1. The zero-order valence-electron chi connectivity index (χ0n) is 15.0. The number of anilines is 1. The van der Waals surface area contributed by atoms with Gasteiger partial charge in [-0.25, -0.2) is 8.42 Å². The van der Waals surface area contributed by atoms with Gasteiger partial charge in [0.1, 0.15) is 0 Å². The Morgan fingerprint density at radius 2 is 1.72 bits per heavy atom. The van der Waals surface area contributed by atoms with Gasteiger partial charge in [0.25, 0.3) is 15.9 Å². The van der Waals surface area contributed by atoms with Crippen LogP contribution in [0, 0.1) is 6.92 Å². The normalized spacial score (nSPS) is 11.4. The lowest BCUT2D eigenvalue weighted by Gasteiger charge is -2.15. The molecule has 25 heavy (non-hydrogen) atoms. The number of benzene rings is 2. The van der Waals surface area contributed by atoms with Crippen molar-refractivity contribution in [1.82, 2.24) is 5.32 Å². The first-order chi connectivity index (χ1) is 11.7. The number of nitrogens with one attached hydrogen (secondary N) is 2. The Morgan fingerprint density at radius 1 is 1.08 bits per heavy atom. The summed E-state index contributed by atoms with van der Waals surface area (Å²) in [5, 5.41) is 2.78. The number of sulfonamides is 1. The summed E-state index contributed by atoms with van der Waals surface area (Å²) in [4.78, 5) is 12.1. The van der Waals surface area contributed by atoms with Crippen LogP contribution < -0.4 is 10.0 Å². The van der Waals surface area contributed by atoms with Crippen molar-refractivity contribution in [2.45, 2.75) is 45.1 Å². The van der Waals surface area contributed by atoms with E-state index >= 15 is 0 Å². The van der Waals surface area contributed by atoms with Gasteiger partial charge in [0.05, 0.1) is 10.6 Å². The number of hydrogen-bond acceptors (Lipinski definition) is 3. The molecule has 0 aliphatic carbocycles. The molecule has 0 radical (unpaired) electrons. The zero-order valence-corrected chi connectivity index (χ0v) is 15.8. The van der Waals surface area contributed by atoms with Crippen molar-refractivity contribution in [3.63, 3.8) is 0 Å². The SMILES string of the molecule is CCc1cccc(C)c1NS(=O)(=O)c1ccc(C(=O)NC(C)C)cc1. The molecule has 5 nitrogen and oxygen atoms in total. The second kappa shape index (κ2) is 7.70. The lowest BCUT2D eigenvalue weighted by atomic mass is 10.1. The fourth-order valence-corrected chi connectivity index (χ4v) is 3.67. The minimum atomic E-state index is -3.72. The van der Waals surface area contributed by atoms with Crippen LogP contribution in [0.15, 0.2) is 47.4 Å². The van der Waals surface area contributed by atoms with Crippen molar-refractivity contribution >= 4 is 21.6 Å². The molecule has 0 aliphatic rings. The maximum absolute atomic E-state index is 12.7. The molecule has 2 aromatic carbocycles. The van der Waals surface area contributed by atoms with Crippen LogP contribution >= 0.6 is 0 Å². The summed E-state index contributed by atoms with van der Waals surface area (Å²) in [7, 11) is -3.72. The highest BCUT2D eigenvalue weighted by Gasteiger charge is 2.18. The summed E-state index contributed by atoms with van der Waals surface area (Å²) in [5.74, 6) is -0.223. The Kier molecular flexibility index (Phi) is 5.85. The van der Waals surface area contributed by atoms with Gasteiger partial charge in [0, 0.05) is 11.6 Å². The van der Waals surface area contributed by atoms with Gasteiger partial charge in [-0.3, -0.25) is 9.52 Å². The number of rotatable bonds is 6. The Hall–Kier alpha value is -2.34. The lowest BCUT2D eigenvalue weighted by molar-refractivity contribution is 0.0943. The first-order valence-electron chi connectivity index (χ1n) is 8.27. The highest BCUT2D eigenvalue weighted by Crippen LogP contribution is 2.24. The molecule has 0 atom stereocenters. The quantitative estimate of drug-likeness (QED) is 0.828. The maximum Gasteiger partial charge on any atom is 0.261 e. The molecular weight excluding hydrogens is 336 g/mol. The van der Waals surface area contributed by atoms with Gasteiger partial charge >= 0.3 is 0 Å². The van der Waals surface area contributed by atoms with E-state index in [9.17, 15) is 13.2 Å². The Labute approximate surface area is 149 Å². The minimum absolute atomic E-state index is 0.0195. The van der Waals surface area contributed by atoms with Gasteiger partial charge < -0.3 is 5.32 Å². The number of para-hydroxylation sites is 1. The van der Waals surface area contributed by atoms with Crippen molar-refractivity contribution in [1.29, 1.82) is 0 Å². The first kappa shape index (κ1) is 19.0. The van der Waals surface area contributed by atoms with Crippen molar-refractivity contribution in [2.75, 3.05) is 4.72 Å². The van der Waals surface area contributed by atoms with E-state index in [2.05, 4.69) is 10.0 Å². The summed E-state index contributed by atoms with van der Waals surface area (Å²) >= 11 is 0. The molecule has 1 amide bonds. The third-order valence-corrected chi connectivity index (χ3v) is 5.19. The van der Waals surface area contributed by atoms with Gasteiger partial charge in [0.15, 0.2) is 0 Å². The van der Waals surface area contributed by atoms with Crippen LogP contribution in [0.4, 0.5) is 5.69 Å². The van der Waals surface area contributed by atoms with Gasteiger partial charge in [-0.15, -0.1) is 0 Å². The Bertz CT molecular complexity index is 857. The monoisotopic (exact) mass is 360 g/mol. The molecular formula is C19H24N2O3S. The number of carbonyl (C=O) groups excluding carboxylic acids is 1. The van der Waals surface area contributed by atoms with Crippen LogP contribution in [-0.2, 0) is 16.4 Å². The molecule has 0 unspecified atom stereocenters. The molecule has 0 saturated heterocycles. The summed E-state index contributed by atoms with van der Waals surface area (Å²) in [6.07, 6.45) is 0.730. The van der Waals surface area contributed by atoms with Gasteiger partial charge in [-0.1, -0.05) is 25.1 Å². The molecule has 0 bridgehead atoms. The fraction of sp³-hybridized carbons (Fsp3) is 0.316. The van der Waals surface area contributed by atoms with E-state index in [4.69, 9.17) is 0 Å². The predicted octanol–water partition coefficient (Wildman–Crippen LogP) is 3.50. The number of aryl methyl sites for hydroxylation is 2. The minimum Gasteiger partial charge on any atom is -0.350 e. The lowest BCUT2D eigenvalue weighted by Crippen LogP contribution is -2.30. The molecule has 2 rings (SSSR count). The fourth-order valence-electron chi connectivity index (χ4n) is 2.49. The third kappa shape index (κ3) is 4.60. The Morgan fingerprint density at radius 3 is 2.28 bits per heavy atom. The predicted molar refractivity (Wildman–Crippen MR) is 100 cm³/mol. The highest BCUT2D eigenvalue weighted by atomic mass is 32.2. The first-order valence-corrected chi connectivity index (χ1v) is 9.75. The summed E-state index contributed by atoms with van der Waals surface area (Å²) < 4.78 is 28.0. The highest BCUT2D eigenvalue weighted by molar-refractivity contribution is 7.92. The second-order valence-electron chi connectivity index (χ2n) is 6.22. The van der Waals surface area contributed by atoms with E-state index in [-0.39, 0.29) is 16.8 Å². The smallest absolute Gasteiger partial charge is 0.261 e. The van der Waals surface area contributed by atoms with Crippen molar-refractivity contribution in [3.05, 3.63) is 59.2 Å². The standard InChI is InChI=1S/C19H24N2O3S/c1-5-15-8-6-7-14(4)18(15)21-25(23,24)17-11-9-16(10-12-17)19(22)20-13(2)3/h6-13,21H,5H2,1-4H3,(H,20,22). The van der Waals surface area contributed by atoms with Gasteiger partial charge in [-0.2, -0.15) is 0 Å². The average molecular weight is 360 g/mol. The number of hydrogen-bond donors (Lipinski definition) is 2. The molecule has 0 spiro atoms. The molecule has 0 aliphatic heterocycles. The van der Waals surface area contributed by atoms with Crippen molar-refractivity contribution < 1.29 is 13.2 Å². The van der Waals surface area contributed by atoms with E-state index in [1.54, 1.807) is 0 Å². The van der Waals surface area contributed by atoms with E-state index in [0.29, 0.717) is 11.3 Å². The summed E-state index contributed by atoms with van der Waals surface area (Å²) in [6, 6.07) is 11.6. The summed E-state index contributed by atoms with van der Waals surface area (Å²) in [6.45, 7) is 7.59. The van der Waals surface area contributed by atoms with E-state index in [0.717, 1.165) is 17.5 Å². The molecule has 2 N–H and O–H groups in total. The average Bonchev–Trinajstić information content (AvgIpc) is 2.56. The number of carbonyl (C=O) groups is 1. The van der Waals surface area contributed by atoms with E-state index in [1.165, 1.54) is 24.3 Å². The molecule has 0 fully saturated rings. The van der Waals surface area contributed by atoms with Crippen LogP contribution in [-0.4, -0.2) is 20.4 Å². The largest absolute Gasteiger partial charge is 0.350 e. The van der Waals surface area contributed by atoms with Crippen LogP contribution in [0.3, 0.4) is 0 Å². The van der Waals surface area contributed by atoms with Crippen LogP contribution in [0.25, 0.3) is 0 Å².